The van der Waals surface area contributed by atoms with Gasteiger partial charge in [0.1, 0.15) is 0 Å². The second-order valence-electron chi connectivity index (χ2n) is 3.87. The van der Waals surface area contributed by atoms with Crippen LogP contribution in [0.25, 0.3) is 0 Å². The number of allylic oxidation sites excluding steroid dienone is 2. The lowest BCUT2D eigenvalue weighted by atomic mass is 9.92. The van der Waals surface area contributed by atoms with Gasteiger partial charge in [-0.3, -0.25) is 4.99 Å². The fourth-order valence-corrected chi connectivity index (χ4v) is 1.94. The Bertz CT molecular complexity index is 191. The maximum absolute atomic E-state index is 4.27. The first-order valence-corrected chi connectivity index (χ1v) is 5.50. The second-order valence-corrected chi connectivity index (χ2v) is 3.87. The van der Waals surface area contributed by atoms with Crippen molar-refractivity contribution in [2.45, 2.75) is 45.4 Å². The van der Waals surface area contributed by atoms with Gasteiger partial charge >= 0.3 is 0 Å². The van der Waals surface area contributed by atoms with Crippen LogP contribution in [0.3, 0.4) is 0 Å². The monoisotopic (exact) mass is 179 g/mol. The predicted octanol–water partition coefficient (Wildman–Crippen LogP) is 3.60. The average Bonchev–Trinajstić information content (AvgIpc) is 2.11. The molecule has 1 nitrogen and oxygen atoms in total. The van der Waals surface area contributed by atoms with Crippen LogP contribution >= 0.6 is 0 Å². The first-order valence-electron chi connectivity index (χ1n) is 5.50. The SMILES string of the molecule is CCCC1C=CC(=NC)CCCC1. The third-order valence-electron chi connectivity index (χ3n) is 2.77. The molecule has 0 aromatic rings. The van der Waals surface area contributed by atoms with Gasteiger partial charge in [-0.15, -0.1) is 0 Å². The zero-order valence-electron chi connectivity index (χ0n) is 8.92. The first kappa shape index (κ1) is 10.5. The molecule has 0 aromatic carbocycles. The highest BCUT2D eigenvalue weighted by molar-refractivity contribution is 5.94. The molecule has 0 saturated heterocycles. The largest absolute Gasteiger partial charge is 0.293 e. The predicted molar refractivity (Wildman–Crippen MR) is 59.4 cm³/mol. The summed E-state index contributed by atoms with van der Waals surface area (Å²) in [4.78, 5) is 4.27. The third kappa shape index (κ3) is 3.75. The highest BCUT2D eigenvalue weighted by Crippen LogP contribution is 2.19. The molecule has 0 N–H and O–H groups in total. The second kappa shape index (κ2) is 5.95. The summed E-state index contributed by atoms with van der Waals surface area (Å²) in [6.45, 7) is 2.27. The van der Waals surface area contributed by atoms with Gasteiger partial charge in [-0.2, -0.15) is 0 Å². The number of nitrogens with zero attached hydrogens (tertiary/aromatic N) is 1. The Morgan fingerprint density at radius 2 is 2.31 bits per heavy atom. The molecule has 0 radical (unpaired) electrons. The van der Waals surface area contributed by atoms with Crippen molar-refractivity contribution in [2.24, 2.45) is 10.9 Å². The Hall–Kier alpha value is -0.590. The van der Waals surface area contributed by atoms with E-state index in [0.29, 0.717) is 0 Å². The Kier molecular flexibility index (Phi) is 4.81. The molecule has 1 heteroatoms. The van der Waals surface area contributed by atoms with Crippen molar-refractivity contribution in [1.29, 1.82) is 0 Å². The molecule has 0 heterocycles. The van der Waals surface area contributed by atoms with Gasteiger partial charge in [0.15, 0.2) is 0 Å². The first-order chi connectivity index (χ1) is 6.36. The van der Waals surface area contributed by atoms with Crippen molar-refractivity contribution in [1.82, 2.24) is 0 Å². The molecule has 0 saturated carbocycles. The van der Waals surface area contributed by atoms with Crippen LogP contribution < -0.4 is 0 Å². The molecule has 1 rings (SSSR count). The van der Waals surface area contributed by atoms with E-state index in [9.17, 15) is 0 Å². The van der Waals surface area contributed by atoms with Crippen LogP contribution in [0, 0.1) is 5.92 Å². The van der Waals surface area contributed by atoms with E-state index in [4.69, 9.17) is 0 Å². The van der Waals surface area contributed by atoms with Gasteiger partial charge < -0.3 is 0 Å². The molecule has 1 aliphatic carbocycles. The van der Waals surface area contributed by atoms with Crippen molar-refractivity contribution in [3.05, 3.63) is 12.2 Å². The minimum Gasteiger partial charge on any atom is -0.293 e. The topological polar surface area (TPSA) is 12.4 Å². The van der Waals surface area contributed by atoms with Crippen molar-refractivity contribution < 1.29 is 0 Å². The maximum atomic E-state index is 4.27. The van der Waals surface area contributed by atoms with Crippen molar-refractivity contribution in [3.63, 3.8) is 0 Å². The van der Waals surface area contributed by atoms with E-state index in [0.717, 1.165) is 5.92 Å². The normalized spacial score (nSPS) is 27.2. The Labute approximate surface area is 82.0 Å². The van der Waals surface area contributed by atoms with Crippen molar-refractivity contribution in [2.75, 3.05) is 7.05 Å². The lowest BCUT2D eigenvalue weighted by Crippen LogP contribution is -2.03. The summed E-state index contributed by atoms with van der Waals surface area (Å²) in [6.07, 6.45) is 12.5. The van der Waals surface area contributed by atoms with Gasteiger partial charge in [0.25, 0.3) is 0 Å². The van der Waals surface area contributed by atoms with Gasteiger partial charge in [-0.25, -0.2) is 0 Å². The number of hydrogen-bond donors (Lipinski definition) is 0. The van der Waals surface area contributed by atoms with E-state index < -0.39 is 0 Å². The van der Waals surface area contributed by atoms with Gasteiger partial charge in [0.2, 0.25) is 0 Å². The van der Waals surface area contributed by atoms with Crippen LogP contribution in [-0.2, 0) is 0 Å². The van der Waals surface area contributed by atoms with Crippen molar-refractivity contribution >= 4 is 5.71 Å². The molecule has 1 unspecified atom stereocenters. The highest BCUT2D eigenvalue weighted by atomic mass is 14.7. The lowest BCUT2D eigenvalue weighted by molar-refractivity contribution is 0.505. The summed E-state index contributed by atoms with van der Waals surface area (Å²) < 4.78 is 0. The zero-order valence-corrected chi connectivity index (χ0v) is 8.92. The van der Waals surface area contributed by atoms with E-state index in [1.54, 1.807) is 0 Å². The minimum absolute atomic E-state index is 0.807. The molecule has 1 atom stereocenters. The summed E-state index contributed by atoms with van der Waals surface area (Å²) >= 11 is 0. The minimum atomic E-state index is 0.807. The summed E-state index contributed by atoms with van der Waals surface area (Å²) in [7, 11) is 1.90. The standard InChI is InChI=1S/C12H21N/c1-3-6-11-7-4-5-8-12(13-2)10-9-11/h9-11H,3-8H2,1-2H3. The highest BCUT2D eigenvalue weighted by Gasteiger charge is 2.07. The summed E-state index contributed by atoms with van der Waals surface area (Å²) in [5.41, 5.74) is 1.28. The zero-order chi connectivity index (χ0) is 9.52. The molecule has 0 spiro atoms. The summed E-state index contributed by atoms with van der Waals surface area (Å²) in [6, 6.07) is 0. The number of aliphatic imine (C=N–C) groups is 1. The van der Waals surface area contributed by atoms with Crippen LogP contribution in [-0.4, -0.2) is 12.8 Å². The van der Waals surface area contributed by atoms with E-state index in [-0.39, 0.29) is 0 Å². The van der Waals surface area contributed by atoms with Gasteiger partial charge in [-0.05, 0) is 37.7 Å². The van der Waals surface area contributed by atoms with E-state index in [1.165, 1.54) is 44.2 Å². The molecule has 0 fully saturated rings. The van der Waals surface area contributed by atoms with Gasteiger partial charge in [0, 0.05) is 12.8 Å². The molecular weight excluding hydrogens is 158 g/mol. The molecule has 0 aliphatic heterocycles. The molecule has 1 aliphatic rings. The van der Waals surface area contributed by atoms with Crippen LogP contribution in [0.15, 0.2) is 17.1 Å². The molecule has 74 valence electrons. The van der Waals surface area contributed by atoms with Crippen LogP contribution in [0.1, 0.15) is 45.4 Å². The van der Waals surface area contributed by atoms with E-state index >= 15 is 0 Å². The summed E-state index contributed by atoms with van der Waals surface area (Å²) in [5.74, 6) is 0.807. The molecule has 13 heavy (non-hydrogen) atoms. The molecular formula is C12H21N. The lowest BCUT2D eigenvalue weighted by Gasteiger charge is -2.14. The van der Waals surface area contributed by atoms with Crippen molar-refractivity contribution in [3.8, 4) is 0 Å². The Morgan fingerprint density at radius 1 is 1.46 bits per heavy atom. The Balaban J connectivity index is 2.53. The van der Waals surface area contributed by atoms with Crippen LogP contribution in [0.5, 0.6) is 0 Å². The van der Waals surface area contributed by atoms with Gasteiger partial charge in [-0.1, -0.05) is 25.8 Å². The number of rotatable bonds is 2. The molecule has 0 bridgehead atoms. The van der Waals surface area contributed by atoms with Crippen LogP contribution in [0.2, 0.25) is 0 Å². The fraction of sp³-hybridized carbons (Fsp3) is 0.750. The maximum Gasteiger partial charge on any atom is 0.0341 e. The molecule has 0 amide bonds. The summed E-state index contributed by atoms with van der Waals surface area (Å²) in [5, 5.41) is 0. The Morgan fingerprint density at radius 3 is 3.00 bits per heavy atom. The van der Waals surface area contributed by atoms with E-state index in [1.807, 2.05) is 7.05 Å². The quantitative estimate of drug-likeness (QED) is 0.614. The average molecular weight is 179 g/mol. The third-order valence-corrected chi connectivity index (χ3v) is 2.77. The number of hydrogen-bond acceptors (Lipinski definition) is 1. The smallest absolute Gasteiger partial charge is 0.0341 e. The van der Waals surface area contributed by atoms with E-state index in [2.05, 4.69) is 24.1 Å². The fourth-order valence-electron chi connectivity index (χ4n) is 1.94. The van der Waals surface area contributed by atoms with Gasteiger partial charge in [0.05, 0.1) is 0 Å². The van der Waals surface area contributed by atoms with Crippen LogP contribution in [0.4, 0.5) is 0 Å². The molecule has 0 aromatic heterocycles.